The molecule has 5 aromatic carbocycles. The van der Waals surface area contributed by atoms with E-state index in [1.807, 2.05) is 5.57 Å². The quantitative estimate of drug-likeness (QED) is 0.161. The molecule has 0 aliphatic heterocycles. The normalized spacial score (nSPS) is 21.9. The topological polar surface area (TPSA) is 0 Å². The molecule has 5 aromatic rings. The maximum atomic E-state index is 6.01. The summed E-state index contributed by atoms with van der Waals surface area (Å²) in [7, 11) is 0. The molecule has 0 N–H and O–H groups in total. The van der Waals surface area contributed by atoms with Crippen LogP contribution in [0.5, 0.6) is 0 Å². The molecule has 5 aliphatic rings. The zero-order valence-corrected chi connectivity index (χ0v) is 34.0. The summed E-state index contributed by atoms with van der Waals surface area (Å²) in [6.45, 7) is 0. The van der Waals surface area contributed by atoms with E-state index in [9.17, 15) is 0 Å². The van der Waals surface area contributed by atoms with Crippen molar-refractivity contribution in [1.29, 1.82) is 0 Å². The van der Waals surface area contributed by atoms with Gasteiger partial charge in [0.05, 0.1) is 0 Å². The van der Waals surface area contributed by atoms with Crippen LogP contribution >= 0.6 is 24.8 Å². The summed E-state index contributed by atoms with van der Waals surface area (Å²) in [6.07, 6.45) is 20.9. The fraction of sp³-hybridized carbons (Fsp3) is 0.245. The minimum absolute atomic E-state index is 0. The van der Waals surface area contributed by atoms with Crippen molar-refractivity contribution in [1.82, 2.24) is 0 Å². The van der Waals surface area contributed by atoms with E-state index in [0.29, 0.717) is 15.5 Å². The third kappa shape index (κ3) is 5.44. The van der Waals surface area contributed by atoms with Gasteiger partial charge in [0.2, 0.25) is 0 Å². The van der Waals surface area contributed by atoms with Crippen molar-refractivity contribution >= 4 is 56.1 Å². The Balaban J connectivity index is 0.00000193. The predicted octanol–water partition coefficient (Wildman–Crippen LogP) is 13.4. The van der Waals surface area contributed by atoms with E-state index in [4.69, 9.17) is 4.21 Å². The molecule has 262 valence electrons. The molecule has 52 heavy (non-hydrogen) atoms. The summed E-state index contributed by atoms with van der Waals surface area (Å²) in [5.74, 6) is 1.26. The van der Waals surface area contributed by atoms with Crippen molar-refractivity contribution in [3.05, 3.63) is 182 Å². The second-order valence-electron chi connectivity index (χ2n) is 16.3. The molecule has 0 radical (unpaired) electrons. The molecule has 0 heterocycles. The van der Waals surface area contributed by atoms with E-state index >= 15 is 0 Å². The molecule has 0 saturated heterocycles. The molecule has 5 aliphatic carbocycles. The second kappa shape index (κ2) is 13.8. The Labute approximate surface area is 322 Å². The summed E-state index contributed by atoms with van der Waals surface area (Å²) < 4.78 is 10.5. The van der Waals surface area contributed by atoms with Crippen molar-refractivity contribution in [2.75, 3.05) is 0 Å². The average Bonchev–Trinajstić information content (AvgIpc) is 3.86. The number of allylic oxidation sites excluding steroid dienone is 10. The van der Waals surface area contributed by atoms with E-state index in [1.54, 1.807) is 20.0 Å². The third-order valence-electron chi connectivity index (χ3n) is 13.8. The van der Waals surface area contributed by atoms with Crippen molar-refractivity contribution < 1.29 is 18.3 Å². The van der Waals surface area contributed by atoms with Gasteiger partial charge in [0.25, 0.3) is 0 Å². The van der Waals surface area contributed by atoms with Crippen LogP contribution in [-0.4, -0.2) is 4.21 Å². The van der Waals surface area contributed by atoms with Gasteiger partial charge in [-0.05, 0) is 0 Å². The van der Waals surface area contributed by atoms with Gasteiger partial charge in [0.15, 0.2) is 0 Å². The number of benzene rings is 5. The monoisotopic (exact) mass is 796 g/mol. The van der Waals surface area contributed by atoms with Crippen LogP contribution in [0.2, 0.25) is 3.63 Å². The zero-order valence-electron chi connectivity index (χ0n) is 29.9. The molecule has 1 fully saturated rings. The van der Waals surface area contributed by atoms with Crippen LogP contribution in [0.3, 0.4) is 0 Å². The van der Waals surface area contributed by atoms with E-state index in [1.165, 1.54) is 75.9 Å². The Bertz CT molecular complexity index is 2360. The number of fused-ring (bicyclic) bond motifs is 8. The zero-order chi connectivity index (χ0) is 33.3. The Morgan fingerprint density at radius 2 is 1.31 bits per heavy atom. The molecule has 3 atom stereocenters. The fourth-order valence-electron chi connectivity index (χ4n) is 11.7. The molecule has 0 amide bonds. The molecule has 3 unspecified atom stereocenters. The summed E-state index contributed by atoms with van der Waals surface area (Å²) in [6, 6.07) is 41.8. The molecular weight excluding hydrogens is 751 g/mol. The number of rotatable bonds is 6. The Hall–Kier alpha value is -3.35. The van der Waals surface area contributed by atoms with Gasteiger partial charge in [0, 0.05) is 0 Å². The molecule has 0 bridgehead atoms. The van der Waals surface area contributed by atoms with Gasteiger partial charge in [0.1, 0.15) is 0 Å². The van der Waals surface area contributed by atoms with E-state index in [2.05, 4.69) is 140 Å². The first kappa shape index (κ1) is 35.7. The summed E-state index contributed by atoms with van der Waals surface area (Å²) in [5, 5.41) is 5.55. The van der Waals surface area contributed by atoms with E-state index < -0.39 is 18.3 Å². The van der Waals surface area contributed by atoms with Gasteiger partial charge >= 0.3 is 300 Å². The maximum absolute atomic E-state index is 6.01. The minimum atomic E-state index is -4.47. The first-order valence-electron chi connectivity index (χ1n) is 19.2. The molecule has 3 heteroatoms. The Morgan fingerprint density at radius 3 is 2.00 bits per heavy atom. The summed E-state index contributed by atoms with van der Waals surface area (Å²) >= 11 is -4.47. The van der Waals surface area contributed by atoms with Crippen molar-refractivity contribution in [2.24, 2.45) is 11.8 Å². The molecule has 0 nitrogen and oxygen atoms in total. The van der Waals surface area contributed by atoms with Crippen LogP contribution < -0.4 is 0 Å². The molecule has 0 spiro atoms. The van der Waals surface area contributed by atoms with Crippen LogP contribution in [0.1, 0.15) is 60.8 Å². The molecule has 0 aromatic heterocycles. The van der Waals surface area contributed by atoms with Crippen LogP contribution in [0, 0.1) is 11.8 Å². The van der Waals surface area contributed by atoms with Gasteiger partial charge in [-0.1, -0.05) is 0 Å². The van der Waals surface area contributed by atoms with Gasteiger partial charge in [-0.2, -0.15) is 0 Å². The summed E-state index contributed by atoms with van der Waals surface area (Å²) in [5.41, 5.74) is 12.9. The number of halogens is 2. The van der Waals surface area contributed by atoms with Gasteiger partial charge < -0.3 is 0 Å². The van der Waals surface area contributed by atoms with Crippen LogP contribution in [0.4, 0.5) is 0 Å². The standard InChI is InChI=1S/C21H21.2C11H9.C5H5.CH2.2ClH.Zr/c1-2-8-15-14(7-1)13-20-18-11-4-3-9-16(18)17-10-5-6-12-19(17)21(15)20;2*1-9-5-4-7-10-6-2-3-8-11(9)10;1-2-4-5-3-1;;;;/h1-2,6-8,11-12,16-17H,3-5,9-10,13H2;2*2-8H,1H2;1-3H,4H2;1H2;2*1H;. The molecule has 1 saturated carbocycles. The van der Waals surface area contributed by atoms with E-state index in [-0.39, 0.29) is 24.8 Å². The van der Waals surface area contributed by atoms with Crippen LogP contribution in [0.25, 0.3) is 27.1 Å². The van der Waals surface area contributed by atoms with Crippen LogP contribution in [-0.2, 0) is 33.0 Å². The number of hydrogen-bond acceptors (Lipinski definition) is 0. The molecular formula is C49H48Cl2Zr. The second-order valence-corrected chi connectivity index (χ2v) is 31.3. The Morgan fingerprint density at radius 1 is 0.654 bits per heavy atom. The number of hydrogen-bond donors (Lipinski definition) is 0. The van der Waals surface area contributed by atoms with Gasteiger partial charge in [-0.25, -0.2) is 0 Å². The first-order valence-corrected chi connectivity index (χ1v) is 27.0. The Kier molecular flexibility index (Phi) is 9.48. The van der Waals surface area contributed by atoms with E-state index in [0.717, 1.165) is 21.1 Å². The third-order valence-corrected chi connectivity index (χ3v) is 31.1. The molecule has 10 rings (SSSR count). The van der Waals surface area contributed by atoms with Gasteiger partial charge in [-0.15, -0.1) is 24.8 Å². The predicted molar refractivity (Wildman–Crippen MR) is 226 cm³/mol. The fourth-order valence-corrected chi connectivity index (χ4v) is 29.9. The van der Waals surface area contributed by atoms with Crippen molar-refractivity contribution in [2.45, 2.75) is 56.8 Å². The SMILES string of the molecule is Cl.Cl.[CH2]=[Zr]([CH2]c1cccc2ccccc12)([CH2]c1cccc2ccccc12)([C]1=CC=CC1)[CH]1CCCC2C1=C1Cc3ccccc3C1=C1C=CCCC12. The van der Waals surface area contributed by atoms with Crippen LogP contribution in [0.15, 0.2) is 160 Å². The van der Waals surface area contributed by atoms with Crippen molar-refractivity contribution in [3.63, 3.8) is 0 Å². The first-order chi connectivity index (χ1) is 24.6. The average molecular weight is 799 g/mol. The van der Waals surface area contributed by atoms with Crippen molar-refractivity contribution in [3.8, 4) is 0 Å². The summed E-state index contributed by atoms with van der Waals surface area (Å²) in [4.78, 5) is 0. The van der Waals surface area contributed by atoms with Gasteiger partial charge in [-0.3, -0.25) is 0 Å².